The number of nitrogens with one attached hydrogen (secondary N) is 1. The lowest BCUT2D eigenvalue weighted by molar-refractivity contribution is -0.115. The lowest BCUT2D eigenvalue weighted by Crippen LogP contribution is -2.14. The Morgan fingerprint density at radius 3 is 2.57 bits per heavy atom. The third-order valence-corrected chi connectivity index (χ3v) is 3.50. The Hall–Kier alpha value is -2.95. The number of hydrogen-bond donors (Lipinski definition) is 1. The zero-order valence-electron chi connectivity index (χ0n) is 12.9. The van der Waals surface area contributed by atoms with E-state index in [4.69, 9.17) is 4.42 Å². The highest BCUT2D eigenvalue weighted by Crippen LogP contribution is 2.17. The van der Waals surface area contributed by atoms with Crippen molar-refractivity contribution in [1.82, 2.24) is 4.98 Å². The molecular weight excluding hydrogens is 292 g/mol. The Kier molecular flexibility index (Phi) is 3.93. The first-order valence-electron chi connectivity index (χ1n) is 7.28. The zero-order chi connectivity index (χ0) is 16.4. The minimum Gasteiger partial charge on any atom is -0.441 e. The summed E-state index contributed by atoms with van der Waals surface area (Å²) in [5.74, 6) is 0.478. The summed E-state index contributed by atoms with van der Waals surface area (Å²) in [7, 11) is 0. The number of hydrogen-bond acceptors (Lipinski definition) is 4. The first-order valence-corrected chi connectivity index (χ1v) is 7.28. The van der Waals surface area contributed by atoms with E-state index >= 15 is 0 Å². The third kappa shape index (κ3) is 3.45. The molecule has 0 aliphatic rings. The molecule has 116 valence electrons. The first-order chi connectivity index (χ1) is 11.0. The molecule has 0 bridgehead atoms. The molecule has 23 heavy (non-hydrogen) atoms. The monoisotopic (exact) mass is 308 g/mol. The summed E-state index contributed by atoms with van der Waals surface area (Å²) in [5, 5.41) is 2.82. The number of carbonyl (C=O) groups excluding carboxylic acids is 2. The maximum absolute atomic E-state index is 12.1. The molecule has 0 atom stereocenters. The van der Waals surface area contributed by atoms with Gasteiger partial charge in [0.05, 0.1) is 6.42 Å². The number of fused-ring (bicyclic) bond motifs is 1. The van der Waals surface area contributed by atoms with Gasteiger partial charge in [0.15, 0.2) is 17.3 Å². The van der Waals surface area contributed by atoms with Crippen LogP contribution in [0.15, 0.2) is 46.9 Å². The van der Waals surface area contributed by atoms with Gasteiger partial charge in [-0.05, 0) is 48.9 Å². The van der Waals surface area contributed by atoms with Crippen molar-refractivity contribution in [2.45, 2.75) is 20.3 Å². The van der Waals surface area contributed by atoms with Crippen molar-refractivity contribution in [3.8, 4) is 0 Å². The number of nitrogens with zero attached hydrogens (tertiary/aromatic N) is 1. The highest BCUT2D eigenvalue weighted by molar-refractivity contribution is 5.96. The molecule has 0 unspecified atom stereocenters. The van der Waals surface area contributed by atoms with Gasteiger partial charge in [-0.25, -0.2) is 4.98 Å². The fourth-order valence-corrected chi connectivity index (χ4v) is 2.38. The van der Waals surface area contributed by atoms with Crippen molar-refractivity contribution in [3.63, 3.8) is 0 Å². The van der Waals surface area contributed by atoms with Gasteiger partial charge in [0, 0.05) is 18.2 Å². The molecule has 5 nitrogen and oxygen atoms in total. The maximum Gasteiger partial charge on any atom is 0.228 e. The van der Waals surface area contributed by atoms with Gasteiger partial charge in [0.25, 0.3) is 0 Å². The number of carbonyl (C=O) groups is 2. The Balaban J connectivity index is 1.69. The second-order valence-electron chi connectivity index (χ2n) is 5.39. The van der Waals surface area contributed by atoms with Crippen molar-refractivity contribution in [1.29, 1.82) is 0 Å². The molecule has 0 radical (unpaired) electrons. The van der Waals surface area contributed by atoms with Crippen LogP contribution in [0.2, 0.25) is 0 Å². The standard InChI is InChI=1S/C18H16N2O3/c1-11(21)14-4-6-15(7-5-14)20-18(22)10-13-3-8-17-16(9-13)19-12(2)23-17/h3-9H,10H2,1-2H3,(H,20,22). The number of aromatic nitrogens is 1. The molecule has 0 aliphatic heterocycles. The number of oxazole rings is 1. The highest BCUT2D eigenvalue weighted by Gasteiger charge is 2.08. The molecule has 1 amide bonds. The molecule has 3 rings (SSSR count). The molecule has 0 saturated heterocycles. The molecule has 2 aromatic carbocycles. The molecule has 1 heterocycles. The maximum atomic E-state index is 12.1. The van der Waals surface area contributed by atoms with Gasteiger partial charge in [-0.2, -0.15) is 0 Å². The van der Waals surface area contributed by atoms with E-state index in [2.05, 4.69) is 10.3 Å². The molecule has 1 N–H and O–H groups in total. The zero-order valence-corrected chi connectivity index (χ0v) is 12.9. The van der Waals surface area contributed by atoms with Crippen LogP contribution >= 0.6 is 0 Å². The average molecular weight is 308 g/mol. The van der Waals surface area contributed by atoms with Crippen molar-refractivity contribution < 1.29 is 14.0 Å². The number of benzene rings is 2. The molecule has 5 heteroatoms. The van der Waals surface area contributed by atoms with E-state index in [0.717, 1.165) is 11.1 Å². The first kappa shape index (κ1) is 15.0. The number of Topliss-reactive ketones (excluding diaryl/α,β-unsaturated/α-hetero) is 1. The van der Waals surface area contributed by atoms with E-state index < -0.39 is 0 Å². The molecule has 0 fully saturated rings. The summed E-state index contributed by atoms with van der Waals surface area (Å²) in [4.78, 5) is 27.6. The number of aryl methyl sites for hydroxylation is 1. The van der Waals surface area contributed by atoms with Crippen LogP contribution in [0.3, 0.4) is 0 Å². The van der Waals surface area contributed by atoms with Gasteiger partial charge in [-0.1, -0.05) is 6.07 Å². The second-order valence-corrected chi connectivity index (χ2v) is 5.39. The Morgan fingerprint density at radius 1 is 1.13 bits per heavy atom. The summed E-state index contributed by atoms with van der Waals surface area (Å²) in [6.07, 6.45) is 0.246. The smallest absolute Gasteiger partial charge is 0.228 e. The van der Waals surface area contributed by atoms with Crippen LogP contribution in [0.1, 0.15) is 28.7 Å². The van der Waals surface area contributed by atoms with Crippen LogP contribution in [0.4, 0.5) is 5.69 Å². The van der Waals surface area contributed by atoms with Gasteiger partial charge in [-0.3, -0.25) is 9.59 Å². The summed E-state index contributed by atoms with van der Waals surface area (Å²) in [6, 6.07) is 12.4. The van der Waals surface area contributed by atoms with Gasteiger partial charge in [-0.15, -0.1) is 0 Å². The van der Waals surface area contributed by atoms with Crippen LogP contribution in [0.5, 0.6) is 0 Å². The van der Waals surface area contributed by atoms with Crippen LogP contribution in [0, 0.1) is 6.92 Å². The van der Waals surface area contributed by atoms with Crippen LogP contribution < -0.4 is 5.32 Å². The normalized spacial score (nSPS) is 10.7. The minimum absolute atomic E-state index is 0.000848. The van der Waals surface area contributed by atoms with Crippen molar-refractivity contribution in [2.75, 3.05) is 5.32 Å². The molecule has 0 aliphatic carbocycles. The summed E-state index contributed by atoms with van der Waals surface area (Å²) in [6.45, 7) is 3.30. The summed E-state index contributed by atoms with van der Waals surface area (Å²) in [5.41, 5.74) is 3.61. The lowest BCUT2D eigenvalue weighted by atomic mass is 10.1. The van der Waals surface area contributed by atoms with E-state index in [9.17, 15) is 9.59 Å². The summed E-state index contributed by atoms with van der Waals surface area (Å²) < 4.78 is 5.41. The summed E-state index contributed by atoms with van der Waals surface area (Å²) >= 11 is 0. The Bertz CT molecular complexity index is 879. The van der Waals surface area contributed by atoms with Gasteiger partial charge in [0.2, 0.25) is 5.91 Å². The van der Waals surface area contributed by atoms with Crippen molar-refractivity contribution in [2.24, 2.45) is 0 Å². The molecule has 0 saturated carbocycles. The van der Waals surface area contributed by atoms with E-state index in [1.54, 1.807) is 31.2 Å². The van der Waals surface area contributed by atoms with Crippen LogP contribution in [-0.2, 0) is 11.2 Å². The average Bonchev–Trinajstić information content (AvgIpc) is 2.87. The topological polar surface area (TPSA) is 72.2 Å². The van der Waals surface area contributed by atoms with E-state index in [-0.39, 0.29) is 18.1 Å². The fraction of sp³-hybridized carbons (Fsp3) is 0.167. The molecular formula is C18H16N2O3. The fourth-order valence-electron chi connectivity index (χ4n) is 2.38. The number of amides is 1. The number of anilines is 1. The molecule has 3 aromatic rings. The molecule has 0 spiro atoms. The predicted octanol–water partition coefficient (Wildman–Crippen LogP) is 3.52. The quantitative estimate of drug-likeness (QED) is 0.748. The van der Waals surface area contributed by atoms with Crippen molar-refractivity contribution >= 4 is 28.5 Å². The minimum atomic E-state index is -0.125. The third-order valence-electron chi connectivity index (χ3n) is 3.50. The Labute approximate surface area is 133 Å². The number of rotatable bonds is 4. The highest BCUT2D eigenvalue weighted by atomic mass is 16.3. The van der Waals surface area contributed by atoms with E-state index in [1.165, 1.54) is 6.92 Å². The van der Waals surface area contributed by atoms with Crippen molar-refractivity contribution in [3.05, 3.63) is 59.5 Å². The SMILES string of the molecule is CC(=O)c1ccc(NC(=O)Cc2ccc3oc(C)nc3c2)cc1. The van der Waals surface area contributed by atoms with Gasteiger partial charge >= 0.3 is 0 Å². The van der Waals surface area contributed by atoms with E-state index in [1.807, 2.05) is 18.2 Å². The van der Waals surface area contributed by atoms with Crippen LogP contribution in [-0.4, -0.2) is 16.7 Å². The molecule has 1 aromatic heterocycles. The van der Waals surface area contributed by atoms with Gasteiger partial charge in [0.1, 0.15) is 5.52 Å². The largest absolute Gasteiger partial charge is 0.441 e. The van der Waals surface area contributed by atoms with E-state index in [0.29, 0.717) is 22.7 Å². The van der Waals surface area contributed by atoms with Crippen LogP contribution in [0.25, 0.3) is 11.1 Å². The Morgan fingerprint density at radius 2 is 1.87 bits per heavy atom. The second kappa shape index (κ2) is 6.04. The predicted molar refractivity (Wildman–Crippen MR) is 87.5 cm³/mol. The lowest BCUT2D eigenvalue weighted by Gasteiger charge is -2.06. The number of ketones is 1. The van der Waals surface area contributed by atoms with Gasteiger partial charge < -0.3 is 9.73 Å².